The number of rotatable bonds is 2. The van der Waals surface area contributed by atoms with Crippen LogP contribution in [0, 0.1) is 0 Å². The molecule has 0 aliphatic rings. The van der Waals surface area contributed by atoms with Gasteiger partial charge < -0.3 is 9.90 Å². The highest BCUT2D eigenvalue weighted by Gasteiger charge is 2.22. The van der Waals surface area contributed by atoms with Crippen molar-refractivity contribution in [1.29, 1.82) is 0 Å². The molecule has 2 nitrogen and oxygen atoms in total. The van der Waals surface area contributed by atoms with Crippen molar-refractivity contribution in [2.75, 3.05) is 0 Å². The quantitative estimate of drug-likeness (QED) is 0.822. The van der Waals surface area contributed by atoms with Gasteiger partial charge in [-0.2, -0.15) is 0 Å². The van der Waals surface area contributed by atoms with Crippen molar-refractivity contribution in [1.82, 2.24) is 0 Å². The summed E-state index contributed by atoms with van der Waals surface area (Å²) in [6.45, 7) is 6.44. The minimum absolute atomic E-state index is 0.0306. The van der Waals surface area contributed by atoms with Crippen LogP contribution in [-0.2, 0) is 5.41 Å². The van der Waals surface area contributed by atoms with E-state index in [-0.39, 0.29) is 11.2 Å². The van der Waals surface area contributed by atoms with E-state index in [1.54, 1.807) is 6.07 Å². The lowest BCUT2D eigenvalue weighted by Gasteiger charge is -2.25. The summed E-state index contributed by atoms with van der Waals surface area (Å²) in [6, 6.07) is 13.4. The average molecular weight is 272 g/mol. The molecule has 2 aromatic rings. The van der Waals surface area contributed by atoms with Crippen molar-refractivity contribution in [2.24, 2.45) is 0 Å². The van der Waals surface area contributed by atoms with Crippen molar-refractivity contribution in [3.05, 3.63) is 48.0 Å². The van der Waals surface area contributed by atoms with Crippen LogP contribution >= 0.6 is 0 Å². The van der Waals surface area contributed by atoms with Gasteiger partial charge in [-0.15, -0.1) is 0 Å². The Kier molecular flexibility index (Phi) is 3.78. The average Bonchev–Trinajstić information content (AvgIpc) is 2.37. The molecule has 0 saturated carbocycles. The molecule has 0 heterocycles. The lowest BCUT2D eigenvalue weighted by Crippen LogP contribution is -2.23. The Labute approximate surface area is 116 Å². The van der Waals surface area contributed by atoms with Gasteiger partial charge >= 0.3 is 0 Å². The van der Waals surface area contributed by atoms with Gasteiger partial charge in [0.1, 0.15) is 5.75 Å². The summed E-state index contributed by atoms with van der Waals surface area (Å²) in [5.74, 6) is 0.267. The first-order chi connectivity index (χ1) is 8.95. The number of aromatic hydroxyl groups is 1. The topological polar surface area (TPSA) is 40.5 Å². The number of hydrogen-bond donors (Lipinski definition) is 2. The SMILES string of the molecule is CC(C)(C)c1cccc([SiH2]O)c1-c1ccccc1O. The van der Waals surface area contributed by atoms with Gasteiger partial charge in [0.05, 0.1) is 0 Å². The Morgan fingerprint density at radius 2 is 1.63 bits per heavy atom. The largest absolute Gasteiger partial charge is 0.507 e. The van der Waals surface area contributed by atoms with Gasteiger partial charge in [0.25, 0.3) is 0 Å². The second-order valence-electron chi connectivity index (χ2n) is 5.76. The fraction of sp³-hybridized carbons (Fsp3) is 0.250. The summed E-state index contributed by atoms with van der Waals surface area (Å²) in [4.78, 5) is 9.72. The van der Waals surface area contributed by atoms with E-state index in [1.165, 1.54) is 0 Å². The molecule has 19 heavy (non-hydrogen) atoms. The molecule has 0 aliphatic carbocycles. The van der Waals surface area contributed by atoms with Crippen molar-refractivity contribution in [3.8, 4) is 16.9 Å². The van der Waals surface area contributed by atoms with E-state index in [1.807, 2.05) is 30.3 Å². The Hall–Kier alpha value is -1.58. The van der Waals surface area contributed by atoms with E-state index in [0.29, 0.717) is 0 Å². The molecule has 2 N–H and O–H groups in total. The van der Waals surface area contributed by atoms with E-state index >= 15 is 0 Å². The molecule has 0 atom stereocenters. The zero-order valence-electron chi connectivity index (χ0n) is 11.6. The maximum absolute atomic E-state index is 10.1. The maximum Gasteiger partial charge on any atom is 0.188 e. The van der Waals surface area contributed by atoms with E-state index in [4.69, 9.17) is 0 Å². The maximum atomic E-state index is 10.1. The molecule has 3 heteroatoms. The molecule has 0 fully saturated rings. The Balaban J connectivity index is 2.77. The number of phenols is 1. The monoisotopic (exact) mass is 272 g/mol. The summed E-state index contributed by atoms with van der Waals surface area (Å²) in [7, 11) is -1.29. The Morgan fingerprint density at radius 3 is 2.21 bits per heavy atom. The lowest BCUT2D eigenvalue weighted by atomic mass is 9.81. The van der Waals surface area contributed by atoms with Crippen molar-refractivity contribution < 1.29 is 9.90 Å². The zero-order valence-corrected chi connectivity index (χ0v) is 13.1. The van der Waals surface area contributed by atoms with E-state index in [2.05, 4.69) is 26.8 Å². The van der Waals surface area contributed by atoms with Gasteiger partial charge in [-0.25, -0.2) is 0 Å². The van der Waals surface area contributed by atoms with Crippen LogP contribution in [0.1, 0.15) is 26.3 Å². The number of benzene rings is 2. The van der Waals surface area contributed by atoms with Crippen LogP contribution < -0.4 is 5.19 Å². The van der Waals surface area contributed by atoms with Crippen LogP contribution in [0.4, 0.5) is 0 Å². The van der Waals surface area contributed by atoms with Crippen LogP contribution in [0.2, 0.25) is 0 Å². The van der Waals surface area contributed by atoms with Crippen LogP contribution in [0.3, 0.4) is 0 Å². The first-order valence-electron chi connectivity index (χ1n) is 6.46. The molecule has 0 amide bonds. The third kappa shape index (κ3) is 2.72. The predicted octanol–water partition coefficient (Wildman–Crippen LogP) is 2.06. The van der Waals surface area contributed by atoms with E-state index in [0.717, 1.165) is 21.9 Å². The minimum atomic E-state index is -1.29. The molecule has 100 valence electrons. The Bertz CT molecular complexity index is 586. The highest BCUT2D eigenvalue weighted by Crippen LogP contribution is 2.35. The van der Waals surface area contributed by atoms with Crippen LogP contribution in [0.5, 0.6) is 5.75 Å². The fourth-order valence-electron chi connectivity index (χ4n) is 2.36. The molecule has 0 saturated heterocycles. The van der Waals surface area contributed by atoms with Crippen LogP contribution in [0.25, 0.3) is 11.1 Å². The highest BCUT2D eigenvalue weighted by molar-refractivity contribution is 6.48. The molecule has 0 unspecified atom stereocenters. The smallest absolute Gasteiger partial charge is 0.188 e. The predicted molar refractivity (Wildman–Crippen MR) is 82.6 cm³/mol. The summed E-state index contributed by atoms with van der Waals surface area (Å²) >= 11 is 0. The second kappa shape index (κ2) is 5.19. The zero-order chi connectivity index (χ0) is 14.0. The summed E-state index contributed by atoms with van der Waals surface area (Å²) in [5, 5.41) is 11.1. The summed E-state index contributed by atoms with van der Waals surface area (Å²) in [5.41, 5.74) is 2.94. The number of para-hydroxylation sites is 1. The van der Waals surface area contributed by atoms with Gasteiger partial charge in [-0.1, -0.05) is 57.2 Å². The molecular formula is C16H20O2Si. The van der Waals surface area contributed by atoms with E-state index in [9.17, 15) is 9.90 Å². The summed E-state index contributed by atoms with van der Waals surface area (Å²) in [6.07, 6.45) is 0. The highest BCUT2D eigenvalue weighted by atomic mass is 28.2. The number of hydrogen-bond acceptors (Lipinski definition) is 2. The van der Waals surface area contributed by atoms with Crippen LogP contribution in [-0.4, -0.2) is 19.7 Å². The normalized spacial score (nSPS) is 12.2. The fourth-order valence-corrected chi connectivity index (χ4v) is 3.14. The first kappa shape index (κ1) is 13.8. The molecular weight excluding hydrogens is 252 g/mol. The molecule has 0 bridgehead atoms. The molecule has 0 aromatic heterocycles. The summed E-state index contributed by atoms with van der Waals surface area (Å²) < 4.78 is 0. The van der Waals surface area contributed by atoms with Gasteiger partial charge in [-0.05, 0) is 27.8 Å². The van der Waals surface area contributed by atoms with E-state index < -0.39 is 9.76 Å². The van der Waals surface area contributed by atoms with Gasteiger partial charge in [0, 0.05) is 5.56 Å². The van der Waals surface area contributed by atoms with Gasteiger partial charge in [0.2, 0.25) is 0 Å². The van der Waals surface area contributed by atoms with Crippen molar-refractivity contribution >= 4 is 14.9 Å². The van der Waals surface area contributed by atoms with Crippen molar-refractivity contribution in [2.45, 2.75) is 26.2 Å². The minimum Gasteiger partial charge on any atom is -0.507 e. The molecule has 0 radical (unpaired) electrons. The van der Waals surface area contributed by atoms with Crippen molar-refractivity contribution in [3.63, 3.8) is 0 Å². The van der Waals surface area contributed by atoms with Gasteiger partial charge in [-0.3, -0.25) is 0 Å². The molecule has 0 spiro atoms. The third-order valence-electron chi connectivity index (χ3n) is 3.30. The Morgan fingerprint density at radius 1 is 0.947 bits per heavy atom. The number of phenolic OH excluding ortho intramolecular Hbond substituents is 1. The van der Waals surface area contributed by atoms with Crippen LogP contribution in [0.15, 0.2) is 42.5 Å². The molecule has 2 aromatic carbocycles. The lowest BCUT2D eigenvalue weighted by molar-refractivity contribution is 0.477. The van der Waals surface area contributed by atoms with Gasteiger partial charge in [0.15, 0.2) is 9.76 Å². The molecule has 2 rings (SSSR count). The third-order valence-corrected chi connectivity index (χ3v) is 4.23. The first-order valence-corrected chi connectivity index (χ1v) is 7.80. The second-order valence-corrected chi connectivity index (χ2v) is 6.84. The molecule has 0 aliphatic heterocycles. The standard InChI is InChI=1S/C16H20O2Si/c1-16(2,3)12-8-6-10-14(19-18)15(12)11-7-4-5-9-13(11)17/h4-10,17-18H,19H2,1-3H3.